The summed E-state index contributed by atoms with van der Waals surface area (Å²) in [5.74, 6) is 0.492. The quantitative estimate of drug-likeness (QED) is 0.646. The molecule has 0 aromatic carbocycles. The maximum Gasteiger partial charge on any atom is 0.253 e. The first-order chi connectivity index (χ1) is 5.70. The molecule has 0 aliphatic carbocycles. The second kappa shape index (κ2) is 4.15. The third-order valence-electron chi connectivity index (χ3n) is 1.41. The van der Waals surface area contributed by atoms with Crippen molar-refractivity contribution < 1.29 is 4.21 Å². The maximum atomic E-state index is 11.1. The van der Waals surface area contributed by atoms with Crippen molar-refractivity contribution >= 4 is 10.8 Å². The lowest BCUT2D eigenvalue weighted by Gasteiger charge is -2.00. The summed E-state index contributed by atoms with van der Waals surface area (Å²) in [6.45, 7) is 0.468. The molecule has 1 unspecified atom stereocenters. The average molecular weight is 186 g/mol. The van der Waals surface area contributed by atoms with Gasteiger partial charge in [-0.15, -0.1) is 0 Å². The largest absolute Gasteiger partial charge is 0.298 e. The van der Waals surface area contributed by atoms with Gasteiger partial charge in [0.2, 0.25) is 0 Å². The van der Waals surface area contributed by atoms with Crippen molar-refractivity contribution in [2.24, 2.45) is 0 Å². The predicted octanol–water partition coefficient (Wildman–Crippen LogP) is -0.378. The van der Waals surface area contributed by atoms with Crippen LogP contribution in [0.1, 0.15) is 0 Å². The van der Waals surface area contributed by atoms with Crippen LogP contribution in [0, 0.1) is 0 Å². The van der Waals surface area contributed by atoms with Crippen LogP contribution in [0.15, 0.2) is 23.4 Å². The standard InChI is InChI=1S/C7H10N2O2S/c1-12(11)5-4-9-6-8-3-2-7(9)10/h2-3,6H,4-5H2,1H3. The van der Waals surface area contributed by atoms with Crippen LogP contribution >= 0.6 is 0 Å². The molecule has 4 nitrogen and oxygen atoms in total. The van der Waals surface area contributed by atoms with Crippen molar-refractivity contribution in [2.45, 2.75) is 6.54 Å². The summed E-state index contributed by atoms with van der Waals surface area (Å²) in [6.07, 6.45) is 4.51. The van der Waals surface area contributed by atoms with E-state index in [1.807, 2.05) is 0 Å². The number of hydrogen-bond acceptors (Lipinski definition) is 3. The van der Waals surface area contributed by atoms with Crippen LogP contribution in [0.2, 0.25) is 0 Å². The van der Waals surface area contributed by atoms with Crippen LogP contribution in [0.25, 0.3) is 0 Å². The summed E-state index contributed by atoms with van der Waals surface area (Å²) >= 11 is 0. The monoisotopic (exact) mass is 186 g/mol. The van der Waals surface area contributed by atoms with Gasteiger partial charge in [-0.3, -0.25) is 13.6 Å². The van der Waals surface area contributed by atoms with Crippen LogP contribution < -0.4 is 5.56 Å². The molecule has 0 amide bonds. The molecular formula is C7H10N2O2S. The van der Waals surface area contributed by atoms with Crippen molar-refractivity contribution in [3.8, 4) is 0 Å². The van der Waals surface area contributed by atoms with E-state index in [1.54, 1.807) is 6.26 Å². The Balaban J connectivity index is 2.70. The highest BCUT2D eigenvalue weighted by Gasteiger charge is 1.95. The minimum absolute atomic E-state index is 0.101. The number of rotatable bonds is 3. The van der Waals surface area contributed by atoms with E-state index in [2.05, 4.69) is 4.98 Å². The van der Waals surface area contributed by atoms with E-state index >= 15 is 0 Å². The Bertz CT molecular complexity index is 334. The Kier molecular flexibility index (Phi) is 3.16. The van der Waals surface area contributed by atoms with Gasteiger partial charge in [0.25, 0.3) is 5.56 Å². The second-order valence-corrected chi connectivity index (χ2v) is 3.94. The highest BCUT2D eigenvalue weighted by molar-refractivity contribution is 7.84. The summed E-state index contributed by atoms with van der Waals surface area (Å²) in [5, 5.41) is 0. The van der Waals surface area contributed by atoms with Gasteiger partial charge >= 0.3 is 0 Å². The summed E-state index contributed by atoms with van der Waals surface area (Å²) < 4.78 is 12.1. The van der Waals surface area contributed by atoms with E-state index in [0.717, 1.165) is 0 Å². The van der Waals surface area contributed by atoms with Crippen molar-refractivity contribution in [3.05, 3.63) is 28.9 Å². The topological polar surface area (TPSA) is 52.0 Å². The van der Waals surface area contributed by atoms with Crippen LogP contribution in [-0.4, -0.2) is 25.8 Å². The van der Waals surface area contributed by atoms with Gasteiger partial charge in [-0.2, -0.15) is 0 Å². The van der Waals surface area contributed by atoms with Crippen molar-refractivity contribution in [1.82, 2.24) is 9.55 Å². The zero-order valence-corrected chi connectivity index (χ0v) is 7.58. The lowest BCUT2D eigenvalue weighted by molar-refractivity contribution is 0.668. The molecular weight excluding hydrogens is 176 g/mol. The third kappa shape index (κ3) is 2.58. The summed E-state index contributed by atoms with van der Waals surface area (Å²) in [4.78, 5) is 14.8. The molecule has 66 valence electrons. The number of aromatic nitrogens is 2. The van der Waals surface area contributed by atoms with Crippen molar-refractivity contribution in [1.29, 1.82) is 0 Å². The van der Waals surface area contributed by atoms with Gasteiger partial charge in [-0.05, 0) is 0 Å². The van der Waals surface area contributed by atoms with Crippen LogP contribution in [0.3, 0.4) is 0 Å². The van der Waals surface area contributed by atoms with E-state index in [1.165, 1.54) is 23.2 Å². The minimum atomic E-state index is -0.862. The first kappa shape index (κ1) is 9.12. The molecule has 1 aromatic heterocycles. The Labute approximate surface area is 72.7 Å². The molecule has 0 bridgehead atoms. The normalized spacial score (nSPS) is 12.8. The second-order valence-electron chi connectivity index (χ2n) is 2.39. The first-order valence-corrected chi connectivity index (χ1v) is 5.23. The van der Waals surface area contributed by atoms with E-state index in [-0.39, 0.29) is 5.56 Å². The van der Waals surface area contributed by atoms with Gasteiger partial charge in [0.1, 0.15) is 0 Å². The Hall–Kier alpha value is -0.970. The van der Waals surface area contributed by atoms with Gasteiger partial charge in [0, 0.05) is 41.6 Å². The highest BCUT2D eigenvalue weighted by atomic mass is 32.2. The minimum Gasteiger partial charge on any atom is -0.298 e. The molecule has 0 saturated heterocycles. The average Bonchev–Trinajstić information content (AvgIpc) is 2.03. The molecule has 0 aliphatic rings. The van der Waals surface area contributed by atoms with Crippen molar-refractivity contribution in [3.63, 3.8) is 0 Å². The number of hydrogen-bond donors (Lipinski definition) is 0. The van der Waals surface area contributed by atoms with Crippen LogP contribution in [-0.2, 0) is 17.3 Å². The van der Waals surface area contributed by atoms with Gasteiger partial charge < -0.3 is 0 Å². The summed E-state index contributed by atoms with van der Waals surface area (Å²) in [5.41, 5.74) is -0.101. The zero-order valence-electron chi connectivity index (χ0n) is 6.77. The van der Waals surface area contributed by atoms with E-state index in [0.29, 0.717) is 12.3 Å². The fourth-order valence-electron chi connectivity index (χ4n) is 0.773. The van der Waals surface area contributed by atoms with Gasteiger partial charge in [0.05, 0.1) is 6.33 Å². The van der Waals surface area contributed by atoms with Crippen LogP contribution in [0.4, 0.5) is 0 Å². The third-order valence-corrected chi connectivity index (χ3v) is 2.17. The molecule has 0 saturated carbocycles. The smallest absolute Gasteiger partial charge is 0.253 e. The van der Waals surface area contributed by atoms with Gasteiger partial charge in [0.15, 0.2) is 0 Å². The van der Waals surface area contributed by atoms with Gasteiger partial charge in [-0.25, -0.2) is 4.98 Å². The first-order valence-electron chi connectivity index (χ1n) is 3.50. The van der Waals surface area contributed by atoms with Crippen molar-refractivity contribution in [2.75, 3.05) is 12.0 Å². The van der Waals surface area contributed by atoms with E-state index in [9.17, 15) is 9.00 Å². The molecule has 1 heterocycles. The molecule has 0 aliphatic heterocycles. The van der Waals surface area contributed by atoms with E-state index in [4.69, 9.17) is 0 Å². The molecule has 0 fully saturated rings. The Morgan fingerprint density at radius 3 is 3.00 bits per heavy atom. The fourth-order valence-corrected chi connectivity index (χ4v) is 1.23. The van der Waals surface area contributed by atoms with Gasteiger partial charge in [-0.1, -0.05) is 0 Å². The summed E-state index contributed by atoms with van der Waals surface area (Å²) in [6, 6.07) is 1.39. The number of nitrogens with zero attached hydrogens (tertiary/aromatic N) is 2. The SMILES string of the molecule is CS(=O)CCn1cnccc1=O. The molecule has 1 aromatic rings. The summed E-state index contributed by atoms with van der Waals surface area (Å²) in [7, 11) is -0.862. The maximum absolute atomic E-state index is 11.1. The molecule has 12 heavy (non-hydrogen) atoms. The molecule has 5 heteroatoms. The lowest BCUT2D eigenvalue weighted by Crippen LogP contribution is -2.21. The molecule has 0 N–H and O–H groups in total. The fraction of sp³-hybridized carbons (Fsp3) is 0.429. The Morgan fingerprint density at radius 1 is 1.67 bits per heavy atom. The molecule has 1 rings (SSSR count). The van der Waals surface area contributed by atoms with E-state index < -0.39 is 10.8 Å². The highest BCUT2D eigenvalue weighted by Crippen LogP contribution is 1.81. The molecule has 0 radical (unpaired) electrons. The lowest BCUT2D eigenvalue weighted by atomic mass is 10.6. The predicted molar refractivity (Wildman–Crippen MR) is 47.4 cm³/mol. The zero-order chi connectivity index (χ0) is 8.97. The Morgan fingerprint density at radius 2 is 2.42 bits per heavy atom. The number of aryl methyl sites for hydroxylation is 1. The van der Waals surface area contributed by atoms with Crippen LogP contribution in [0.5, 0.6) is 0 Å². The molecule has 1 atom stereocenters. The molecule has 0 spiro atoms.